The molecule has 0 heterocycles. The number of carbonyl (C=O) groups is 1. The summed E-state index contributed by atoms with van der Waals surface area (Å²) in [5.74, 6) is -0.0933. The topological polar surface area (TPSA) is 37.3 Å². The van der Waals surface area contributed by atoms with Gasteiger partial charge in [-0.05, 0) is 36.4 Å². The van der Waals surface area contributed by atoms with Crippen LogP contribution in [0.5, 0.6) is 0 Å². The zero-order valence-electron chi connectivity index (χ0n) is 17.3. The molecule has 0 spiro atoms. The number of carbonyl (C=O) groups excluding carboxylic acids is 1. The van der Waals surface area contributed by atoms with E-state index in [1.807, 2.05) is 84.9 Å². The highest BCUT2D eigenvalue weighted by molar-refractivity contribution is 8.00. The molecule has 0 saturated carbocycles. The quantitative estimate of drug-likeness (QED) is 0.253. The molecule has 0 aliphatic heterocycles. The molecule has 4 aromatic carbocycles. The summed E-state index contributed by atoms with van der Waals surface area (Å²) in [6.07, 6.45) is 0. The lowest BCUT2D eigenvalue weighted by Gasteiger charge is -2.29. The maximum Gasteiger partial charge on any atom is 0.199 e. The van der Waals surface area contributed by atoms with E-state index in [9.17, 15) is 9.90 Å². The summed E-state index contributed by atoms with van der Waals surface area (Å²) in [6.45, 7) is 1.55. The SMILES string of the molecule is CC(=O)/C(=C(/O)c1ccccc1)[P+](c1ccccc1)(c1ccccc1)c1ccccc1. The van der Waals surface area contributed by atoms with Gasteiger partial charge in [-0.25, -0.2) is 0 Å². The van der Waals surface area contributed by atoms with Crippen molar-refractivity contribution in [1.29, 1.82) is 0 Å². The number of hydrogen-bond donors (Lipinski definition) is 1. The number of allylic oxidation sites excluding steroid dienone is 1. The molecule has 0 atom stereocenters. The summed E-state index contributed by atoms with van der Waals surface area (Å²) in [4.78, 5) is 13.3. The molecule has 4 aromatic rings. The second-order valence-electron chi connectivity index (χ2n) is 7.30. The highest BCUT2D eigenvalue weighted by Crippen LogP contribution is 2.64. The van der Waals surface area contributed by atoms with E-state index in [0.29, 0.717) is 10.9 Å². The van der Waals surface area contributed by atoms with Crippen molar-refractivity contribution >= 4 is 34.7 Å². The van der Waals surface area contributed by atoms with Crippen LogP contribution < -0.4 is 15.9 Å². The second kappa shape index (κ2) is 9.12. The van der Waals surface area contributed by atoms with E-state index in [2.05, 4.69) is 36.4 Å². The van der Waals surface area contributed by atoms with Gasteiger partial charge in [0.15, 0.2) is 24.1 Å². The molecule has 2 nitrogen and oxygen atoms in total. The third-order valence-corrected chi connectivity index (χ3v) is 9.79. The van der Waals surface area contributed by atoms with Crippen molar-refractivity contribution in [2.24, 2.45) is 0 Å². The molecule has 0 saturated heterocycles. The van der Waals surface area contributed by atoms with Gasteiger partial charge in [-0.3, -0.25) is 4.79 Å². The van der Waals surface area contributed by atoms with E-state index in [1.54, 1.807) is 6.92 Å². The molecule has 0 aromatic heterocycles. The Bertz CT molecular complexity index is 1090. The lowest BCUT2D eigenvalue weighted by Crippen LogP contribution is -2.34. The average Bonchev–Trinajstić information content (AvgIpc) is 2.84. The summed E-state index contributed by atoms with van der Waals surface area (Å²) in [7, 11) is -2.66. The molecule has 31 heavy (non-hydrogen) atoms. The second-order valence-corrected chi connectivity index (χ2v) is 10.6. The Labute approximate surface area is 183 Å². The minimum absolute atomic E-state index is 0.0398. The normalized spacial score (nSPS) is 12.2. The summed E-state index contributed by atoms with van der Waals surface area (Å²) in [5.41, 5.74) is 0.639. The lowest BCUT2D eigenvalue weighted by atomic mass is 10.1. The number of ketones is 1. The van der Waals surface area contributed by atoms with Crippen molar-refractivity contribution in [2.45, 2.75) is 6.92 Å². The lowest BCUT2D eigenvalue weighted by molar-refractivity contribution is -0.113. The fourth-order valence-corrected chi connectivity index (χ4v) is 8.53. The molecule has 1 N–H and O–H groups in total. The number of aliphatic hydroxyl groups is 1. The van der Waals surface area contributed by atoms with E-state index in [-0.39, 0.29) is 11.5 Å². The minimum Gasteiger partial charge on any atom is -0.504 e. The van der Waals surface area contributed by atoms with Gasteiger partial charge in [0.25, 0.3) is 0 Å². The van der Waals surface area contributed by atoms with Crippen molar-refractivity contribution in [3.8, 4) is 0 Å². The van der Waals surface area contributed by atoms with Gasteiger partial charge >= 0.3 is 0 Å². The Morgan fingerprint density at radius 2 is 0.903 bits per heavy atom. The Morgan fingerprint density at radius 1 is 0.581 bits per heavy atom. The smallest absolute Gasteiger partial charge is 0.199 e. The van der Waals surface area contributed by atoms with E-state index in [1.165, 1.54) is 0 Å². The first-order valence-electron chi connectivity index (χ1n) is 10.2. The van der Waals surface area contributed by atoms with Crippen LogP contribution in [0.4, 0.5) is 0 Å². The van der Waals surface area contributed by atoms with E-state index in [0.717, 1.165) is 15.9 Å². The van der Waals surface area contributed by atoms with Crippen molar-refractivity contribution in [3.05, 3.63) is 132 Å². The number of hydrogen-bond acceptors (Lipinski definition) is 2. The number of benzene rings is 4. The molecular formula is C28H24O2P+. The van der Waals surface area contributed by atoms with Crippen molar-refractivity contribution < 1.29 is 9.90 Å². The molecule has 3 heteroatoms. The third kappa shape index (κ3) is 3.83. The predicted molar refractivity (Wildman–Crippen MR) is 132 cm³/mol. The van der Waals surface area contributed by atoms with Crippen LogP contribution in [0.3, 0.4) is 0 Å². The molecular weight excluding hydrogens is 399 g/mol. The molecule has 0 aliphatic rings. The summed E-state index contributed by atoms with van der Waals surface area (Å²) in [6, 6.07) is 39.6. The predicted octanol–water partition coefficient (Wildman–Crippen LogP) is 5.50. The van der Waals surface area contributed by atoms with E-state index < -0.39 is 7.26 Å². The average molecular weight is 423 g/mol. The summed E-state index contributed by atoms with van der Waals surface area (Å²) >= 11 is 0. The summed E-state index contributed by atoms with van der Waals surface area (Å²) in [5, 5.41) is 15.1. The van der Waals surface area contributed by atoms with Gasteiger partial charge in [0.2, 0.25) is 0 Å². The standard InChI is InChI=1S/C28H23O2P/c1-22(29)28(27(30)23-14-6-2-7-15-23)31(24-16-8-3-9-17-24,25-18-10-4-11-19-25)26-20-12-5-13-21-26/h2-21H,1H3/p+1. The maximum absolute atomic E-state index is 13.3. The van der Waals surface area contributed by atoms with Crippen LogP contribution in [0.1, 0.15) is 12.5 Å². The number of aliphatic hydroxyl groups excluding tert-OH is 1. The van der Waals surface area contributed by atoms with Gasteiger partial charge in [-0.1, -0.05) is 84.9 Å². The van der Waals surface area contributed by atoms with E-state index >= 15 is 0 Å². The van der Waals surface area contributed by atoms with Gasteiger partial charge in [0.1, 0.15) is 15.9 Å². The van der Waals surface area contributed by atoms with Crippen LogP contribution in [0.25, 0.3) is 5.76 Å². The fraction of sp³-hybridized carbons (Fsp3) is 0.0357. The highest BCUT2D eigenvalue weighted by atomic mass is 31.2. The van der Waals surface area contributed by atoms with Gasteiger partial charge in [0.05, 0.1) is 0 Å². The third-order valence-electron chi connectivity index (χ3n) is 5.37. The Morgan fingerprint density at radius 3 is 1.23 bits per heavy atom. The van der Waals surface area contributed by atoms with Crippen molar-refractivity contribution in [1.82, 2.24) is 0 Å². The van der Waals surface area contributed by atoms with Crippen LogP contribution in [0.15, 0.2) is 127 Å². The van der Waals surface area contributed by atoms with Gasteiger partial charge < -0.3 is 5.11 Å². The molecule has 0 unspecified atom stereocenters. The van der Waals surface area contributed by atoms with Crippen LogP contribution in [0.2, 0.25) is 0 Å². The Balaban J connectivity index is 2.20. The Kier molecular flexibility index (Phi) is 6.11. The highest BCUT2D eigenvalue weighted by Gasteiger charge is 2.53. The van der Waals surface area contributed by atoms with Crippen molar-refractivity contribution in [2.75, 3.05) is 0 Å². The van der Waals surface area contributed by atoms with Crippen LogP contribution in [-0.4, -0.2) is 10.9 Å². The molecule has 152 valence electrons. The number of rotatable bonds is 6. The molecule has 0 fully saturated rings. The zero-order valence-corrected chi connectivity index (χ0v) is 18.2. The Hall–Kier alpha value is -3.48. The summed E-state index contributed by atoms with van der Waals surface area (Å²) < 4.78 is 0. The molecule has 4 rings (SSSR count). The van der Waals surface area contributed by atoms with Crippen LogP contribution >= 0.6 is 7.26 Å². The van der Waals surface area contributed by atoms with Crippen LogP contribution in [-0.2, 0) is 4.79 Å². The monoisotopic (exact) mass is 423 g/mol. The molecule has 0 aliphatic carbocycles. The number of Topliss-reactive ketones (excluding diaryl/α,β-unsaturated/α-hetero) is 1. The fourth-order valence-electron chi connectivity index (χ4n) is 4.08. The zero-order chi connectivity index (χ0) is 21.7. The largest absolute Gasteiger partial charge is 0.504 e. The van der Waals surface area contributed by atoms with Crippen LogP contribution in [0, 0.1) is 0 Å². The minimum atomic E-state index is -2.66. The van der Waals surface area contributed by atoms with Gasteiger partial charge in [0, 0.05) is 12.5 Å². The van der Waals surface area contributed by atoms with E-state index in [4.69, 9.17) is 0 Å². The molecule has 0 bridgehead atoms. The molecule has 0 amide bonds. The van der Waals surface area contributed by atoms with Gasteiger partial charge in [-0.2, -0.15) is 0 Å². The maximum atomic E-state index is 13.3. The molecule has 0 radical (unpaired) electrons. The first-order chi connectivity index (χ1) is 15.2. The first-order valence-corrected chi connectivity index (χ1v) is 12.0. The van der Waals surface area contributed by atoms with Crippen molar-refractivity contribution in [3.63, 3.8) is 0 Å². The first kappa shape index (κ1) is 20.8. The van der Waals surface area contributed by atoms with Gasteiger partial charge in [-0.15, -0.1) is 0 Å².